The molecule has 1 fully saturated rings. The first-order valence-electron chi connectivity index (χ1n) is 3.70. The van der Waals surface area contributed by atoms with E-state index in [9.17, 15) is 8.42 Å². The molecule has 0 spiro atoms. The van der Waals surface area contributed by atoms with Gasteiger partial charge in [-0.1, -0.05) is 22.4 Å². The predicted molar refractivity (Wildman–Crippen MR) is 48.1 cm³/mol. The molecule has 0 atom stereocenters. The highest BCUT2D eigenvalue weighted by Gasteiger charge is 2.21. The fourth-order valence-corrected chi connectivity index (χ4v) is 3.03. The van der Waals surface area contributed by atoms with Crippen LogP contribution in [0.5, 0.6) is 0 Å². The Hall–Kier alpha value is 0.390. The molecule has 1 heterocycles. The molecule has 0 aliphatic carbocycles. The quantitative estimate of drug-likeness (QED) is 0.681. The Morgan fingerprint density at radius 1 is 1.18 bits per heavy atom. The van der Waals surface area contributed by atoms with Crippen LogP contribution in [0.3, 0.4) is 0 Å². The third-order valence-corrected chi connectivity index (χ3v) is 5.01. The summed E-state index contributed by atoms with van der Waals surface area (Å²) in [6, 6.07) is 0. The summed E-state index contributed by atoms with van der Waals surface area (Å²) in [6.07, 6.45) is 3.17. The van der Waals surface area contributed by atoms with Crippen molar-refractivity contribution >= 4 is 26.0 Å². The van der Waals surface area contributed by atoms with Gasteiger partial charge in [-0.2, -0.15) is 0 Å². The molecule has 5 heteroatoms. The van der Waals surface area contributed by atoms with Gasteiger partial charge in [0, 0.05) is 13.1 Å². The molecule has 0 amide bonds. The second-order valence-electron chi connectivity index (χ2n) is 2.68. The van der Waals surface area contributed by atoms with Gasteiger partial charge in [-0.05, 0) is 12.8 Å². The highest BCUT2D eigenvalue weighted by molar-refractivity contribution is 9.10. The zero-order valence-electron chi connectivity index (χ0n) is 6.29. The average Bonchev–Trinajstić information content (AvgIpc) is 2.06. The first-order valence-corrected chi connectivity index (χ1v) is 6.43. The molecule has 3 nitrogen and oxygen atoms in total. The summed E-state index contributed by atoms with van der Waals surface area (Å²) in [4.78, 5) is 0. The lowest BCUT2D eigenvalue weighted by atomic mass is 10.2. The van der Waals surface area contributed by atoms with Gasteiger partial charge < -0.3 is 0 Å². The molecule has 0 saturated carbocycles. The van der Waals surface area contributed by atoms with E-state index in [1.54, 1.807) is 4.31 Å². The van der Waals surface area contributed by atoms with Gasteiger partial charge in [0.25, 0.3) is 0 Å². The maximum absolute atomic E-state index is 11.2. The lowest BCUT2D eigenvalue weighted by Crippen LogP contribution is -2.36. The molecule has 0 aromatic rings. The molecule has 0 N–H and O–H groups in total. The summed E-state index contributed by atoms with van der Waals surface area (Å²) in [5.41, 5.74) is 0. The van der Waals surface area contributed by atoms with Gasteiger partial charge in [0.15, 0.2) is 0 Å². The minimum atomic E-state index is -2.97. The molecule has 0 radical (unpaired) electrons. The monoisotopic (exact) mass is 241 g/mol. The van der Waals surface area contributed by atoms with E-state index >= 15 is 0 Å². The van der Waals surface area contributed by atoms with Gasteiger partial charge >= 0.3 is 0 Å². The summed E-state index contributed by atoms with van der Waals surface area (Å²) in [7, 11) is -2.97. The van der Waals surface area contributed by atoms with Crippen molar-refractivity contribution in [2.45, 2.75) is 19.3 Å². The van der Waals surface area contributed by atoms with Gasteiger partial charge in [0.2, 0.25) is 10.0 Å². The summed E-state index contributed by atoms with van der Waals surface area (Å²) in [5, 5.41) is 0. The Labute approximate surface area is 75.9 Å². The molecule has 1 saturated heterocycles. The van der Waals surface area contributed by atoms with Gasteiger partial charge in [0.1, 0.15) is 4.66 Å². The summed E-state index contributed by atoms with van der Waals surface area (Å²) in [5.74, 6) is 0. The van der Waals surface area contributed by atoms with Crippen LogP contribution in [-0.2, 0) is 10.0 Å². The average molecular weight is 242 g/mol. The maximum Gasteiger partial charge on any atom is 0.224 e. The summed E-state index contributed by atoms with van der Waals surface area (Å²) < 4.78 is 24.1. The van der Waals surface area contributed by atoms with Gasteiger partial charge in [-0.15, -0.1) is 0 Å². The van der Waals surface area contributed by atoms with Crippen LogP contribution in [0, 0.1) is 0 Å². The number of hydrogen-bond donors (Lipinski definition) is 0. The summed E-state index contributed by atoms with van der Waals surface area (Å²) in [6.45, 7) is 1.40. The largest absolute Gasteiger partial charge is 0.224 e. The molecule has 1 rings (SSSR count). The van der Waals surface area contributed by atoms with Crippen molar-refractivity contribution in [2.24, 2.45) is 0 Å². The lowest BCUT2D eigenvalue weighted by Gasteiger charge is -2.24. The molecule has 1 aliphatic heterocycles. The van der Waals surface area contributed by atoms with Crippen LogP contribution in [-0.4, -0.2) is 30.5 Å². The second-order valence-corrected chi connectivity index (χ2v) is 5.95. The highest BCUT2D eigenvalue weighted by atomic mass is 79.9. The van der Waals surface area contributed by atoms with Crippen molar-refractivity contribution in [2.75, 3.05) is 17.8 Å². The van der Waals surface area contributed by atoms with Crippen molar-refractivity contribution in [1.82, 2.24) is 4.31 Å². The minimum absolute atomic E-state index is 0.0556. The van der Waals surface area contributed by atoms with E-state index in [1.807, 2.05) is 0 Å². The first kappa shape index (κ1) is 9.48. The number of alkyl halides is 1. The molecule has 0 aromatic carbocycles. The van der Waals surface area contributed by atoms with Crippen molar-refractivity contribution < 1.29 is 8.42 Å². The van der Waals surface area contributed by atoms with E-state index in [2.05, 4.69) is 15.9 Å². The zero-order valence-corrected chi connectivity index (χ0v) is 8.70. The van der Waals surface area contributed by atoms with Crippen LogP contribution in [0.4, 0.5) is 0 Å². The number of sulfonamides is 1. The Balaban J connectivity index is 2.58. The van der Waals surface area contributed by atoms with E-state index in [-0.39, 0.29) is 4.66 Å². The maximum atomic E-state index is 11.2. The number of piperidine rings is 1. The Bertz CT molecular complexity index is 209. The smallest absolute Gasteiger partial charge is 0.211 e. The van der Waals surface area contributed by atoms with Crippen molar-refractivity contribution in [3.63, 3.8) is 0 Å². The van der Waals surface area contributed by atoms with Crippen molar-refractivity contribution in [3.05, 3.63) is 0 Å². The SMILES string of the molecule is O=S(=O)(CBr)N1CCCCC1. The van der Waals surface area contributed by atoms with E-state index in [0.29, 0.717) is 13.1 Å². The van der Waals surface area contributed by atoms with Crippen LogP contribution < -0.4 is 0 Å². The van der Waals surface area contributed by atoms with Crippen LogP contribution in [0.25, 0.3) is 0 Å². The molecule has 66 valence electrons. The van der Waals surface area contributed by atoms with Gasteiger partial charge in [-0.25, -0.2) is 12.7 Å². The van der Waals surface area contributed by atoms with E-state index in [1.165, 1.54) is 0 Å². The standard InChI is InChI=1S/C6H12BrNO2S/c7-6-11(9,10)8-4-2-1-3-5-8/h1-6H2. The van der Waals surface area contributed by atoms with Crippen molar-refractivity contribution in [3.8, 4) is 0 Å². The molecular weight excluding hydrogens is 230 g/mol. The predicted octanol–water partition coefficient (Wildman–Crippen LogP) is 1.15. The zero-order chi connectivity index (χ0) is 8.32. The molecular formula is C6H12BrNO2S. The normalized spacial score (nSPS) is 21.9. The summed E-state index contributed by atoms with van der Waals surface area (Å²) >= 11 is 2.98. The van der Waals surface area contributed by atoms with E-state index < -0.39 is 10.0 Å². The lowest BCUT2D eigenvalue weighted by molar-refractivity contribution is 0.349. The van der Waals surface area contributed by atoms with Crippen LogP contribution >= 0.6 is 15.9 Å². The first-order chi connectivity index (χ1) is 5.17. The Kier molecular flexibility index (Phi) is 3.33. The van der Waals surface area contributed by atoms with Crippen LogP contribution in [0.1, 0.15) is 19.3 Å². The Morgan fingerprint density at radius 3 is 2.18 bits per heavy atom. The fraction of sp³-hybridized carbons (Fsp3) is 1.00. The van der Waals surface area contributed by atoms with E-state index in [0.717, 1.165) is 19.3 Å². The third kappa shape index (κ3) is 2.42. The second kappa shape index (κ2) is 3.87. The molecule has 11 heavy (non-hydrogen) atoms. The number of rotatable bonds is 2. The van der Waals surface area contributed by atoms with Crippen molar-refractivity contribution in [1.29, 1.82) is 0 Å². The molecule has 0 aromatic heterocycles. The molecule has 0 unspecified atom stereocenters. The van der Waals surface area contributed by atoms with Gasteiger partial charge in [0.05, 0.1) is 0 Å². The molecule has 1 aliphatic rings. The number of halogens is 1. The van der Waals surface area contributed by atoms with E-state index in [4.69, 9.17) is 0 Å². The molecule has 0 bridgehead atoms. The van der Waals surface area contributed by atoms with Gasteiger partial charge in [-0.3, -0.25) is 0 Å². The number of hydrogen-bond acceptors (Lipinski definition) is 2. The Morgan fingerprint density at radius 2 is 1.73 bits per heavy atom. The minimum Gasteiger partial charge on any atom is -0.211 e. The highest BCUT2D eigenvalue weighted by Crippen LogP contribution is 2.14. The van der Waals surface area contributed by atoms with Crippen LogP contribution in [0.2, 0.25) is 0 Å². The van der Waals surface area contributed by atoms with Crippen LogP contribution in [0.15, 0.2) is 0 Å². The topological polar surface area (TPSA) is 37.4 Å². The fourth-order valence-electron chi connectivity index (χ4n) is 1.21. The number of nitrogens with zero attached hydrogens (tertiary/aromatic N) is 1. The third-order valence-electron chi connectivity index (χ3n) is 1.85.